The van der Waals surface area contributed by atoms with Crippen molar-refractivity contribution in [1.82, 2.24) is 4.57 Å². The molecule has 0 saturated carbocycles. The Labute approximate surface area is 120 Å². The molecule has 0 aliphatic carbocycles. The molecule has 0 bridgehead atoms. The molecule has 0 fully saturated rings. The number of hydrogen-bond donors (Lipinski definition) is 1. The molecule has 21 heavy (non-hydrogen) atoms. The van der Waals surface area contributed by atoms with Crippen LogP contribution in [0.1, 0.15) is 16.7 Å². The van der Waals surface area contributed by atoms with Crippen LogP contribution in [0, 0.1) is 12.7 Å². The van der Waals surface area contributed by atoms with Gasteiger partial charge in [-0.3, -0.25) is 4.79 Å². The molecule has 2 aromatic rings. The van der Waals surface area contributed by atoms with E-state index in [0.29, 0.717) is 12.1 Å². The van der Waals surface area contributed by atoms with Gasteiger partial charge in [-0.15, -0.1) is 0 Å². The van der Waals surface area contributed by atoms with E-state index in [0.717, 1.165) is 11.6 Å². The Bertz CT molecular complexity index is 762. The Morgan fingerprint density at radius 3 is 2.76 bits per heavy atom. The average molecular weight is 287 g/mol. The summed E-state index contributed by atoms with van der Waals surface area (Å²) < 4.78 is 15.1. The normalized spacial score (nSPS) is 11.0. The molecule has 0 amide bonds. The van der Waals surface area contributed by atoms with Crippen molar-refractivity contribution in [2.75, 3.05) is 0 Å². The summed E-state index contributed by atoms with van der Waals surface area (Å²) in [6, 6.07) is 7.70. The fourth-order valence-corrected chi connectivity index (χ4v) is 1.91. The fraction of sp³-hybridized carbons (Fsp3) is 0.125. The number of pyridine rings is 1. The monoisotopic (exact) mass is 287 g/mol. The molecule has 0 aliphatic rings. The van der Waals surface area contributed by atoms with Gasteiger partial charge in [0.1, 0.15) is 5.82 Å². The van der Waals surface area contributed by atoms with Crippen LogP contribution in [0.2, 0.25) is 0 Å². The molecule has 0 radical (unpaired) electrons. The lowest BCUT2D eigenvalue weighted by molar-refractivity contribution is -0.131. The molecule has 1 N–H and O–H groups in total. The third-order valence-electron chi connectivity index (χ3n) is 2.97. The summed E-state index contributed by atoms with van der Waals surface area (Å²) in [6.45, 7) is 2.13. The highest BCUT2D eigenvalue weighted by Crippen LogP contribution is 2.13. The maximum atomic E-state index is 13.6. The van der Waals surface area contributed by atoms with Crippen molar-refractivity contribution >= 4 is 12.0 Å². The smallest absolute Gasteiger partial charge is 0.328 e. The van der Waals surface area contributed by atoms with E-state index < -0.39 is 11.8 Å². The lowest BCUT2D eigenvalue weighted by Gasteiger charge is -2.07. The Kier molecular flexibility index (Phi) is 4.33. The van der Waals surface area contributed by atoms with Crippen LogP contribution < -0.4 is 5.56 Å². The Morgan fingerprint density at radius 1 is 1.33 bits per heavy atom. The van der Waals surface area contributed by atoms with Crippen molar-refractivity contribution in [3.63, 3.8) is 0 Å². The van der Waals surface area contributed by atoms with E-state index in [4.69, 9.17) is 5.11 Å². The van der Waals surface area contributed by atoms with Crippen LogP contribution in [0.3, 0.4) is 0 Å². The van der Waals surface area contributed by atoms with Crippen molar-refractivity contribution in [3.8, 4) is 0 Å². The van der Waals surface area contributed by atoms with Crippen LogP contribution in [0.5, 0.6) is 0 Å². The summed E-state index contributed by atoms with van der Waals surface area (Å²) in [6.07, 6.45) is 3.74. The number of benzene rings is 1. The molecule has 2 rings (SSSR count). The van der Waals surface area contributed by atoms with Crippen LogP contribution in [0.4, 0.5) is 4.39 Å². The first kappa shape index (κ1) is 14.7. The first-order valence-electron chi connectivity index (χ1n) is 6.32. The van der Waals surface area contributed by atoms with E-state index in [2.05, 4.69) is 0 Å². The first-order chi connectivity index (χ1) is 9.95. The Morgan fingerprint density at radius 2 is 2.10 bits per heavy atom. The second-order valence-corrected chi connectivity index (χ2v) is 4.70. The van der Waals surface area contributed by atoms with Gasteiger partial charge in [0.2, 0.25) is 0 Å². The summed E-state index contributed by atoms with van der Waals surface area (Å²) in [5, 5.41) is 8.58. The number of hydrogen-bond acceptors (Lipinski definition) is 2. The van der Waals surface area contributed by atoms with Crippen molar-refractivity contribution in [1.29, 1.82) is 0 Å². The first-order valence-corrected chi connectivity index (χ1v) is 6.32. The number of aryl methyl sites for hydroxylation is 1. The van der Waals surface area contributed by atoms with Crippen LogP contribution in [-0.4, -0.2) is 15.6 Å². The number of carboxylic acid groups (broad SMARTS) is 1. The molecule has 1 aromatic heterocycles. The largest absolute Gasteiger partial charge is 0.478 e. The molecular formula is C16H14FNO3. The molecule has 5 heteroatoms. The highest BCUT2D eigenvalue weighted by Gasteiger charge is 2.03. The molecule has 1 heterocycles. The topological polar surface area (TPSA) is 59.3 Å². The van der Waals surface area contributed by atoms with Crippen molar-refractivity contribution < 1.29 is 14.3 Å². The fourth-order valence-electron chi connectivity index (χ4n) is 1.91. The number of aliphatic carboxylic acids is 1. The highest BCUT2D eigenvalue weighted by molar-refractivity contribution is 5.85. The van der Waals surface area contributed by atoms with Crippen LogP contribution in [0.25, 0.3) is 6.08 Å². The predicted molar refractivity (Wildman–Crippen MR) is 77.6 cm³/mol. The number of carboxylic acids is 1. The molecule has 4 nitrogen and oxygen atoms in total. The zero-order chi connectivity index (χ0) is 15.4. The molecule has 1 aromatic carbocycles. The van der Waals surface area contributed by atoms with E-state index in [-0.39, 0.29) is 11.1 Å². The molecule has 108 valence electrons. The summed E-state index contributed by atoms with van der Waals surface area (Å²) in [5.41, 5.74) is 1.63. The van der Waals surface area contributed by atoms with Crippen molar-refractivity contribution in [2.45, 2.75) is 13.5 Å². The number of nitrogens with zero attached hydrogens (tertiary/aromatic N) is 1. The number of halogens is 1. The van der Waals surface area contributed by atoms with Gasteiger partial charge >= 0.3 is 5.97 Å². The van der Waals surface area contributed by atoms with Gasteiger partial charge < -0.3 is 9.67 Å². The summed E-state index contributed by atoms with van der Waals surface area (Å²) in [4.78, 5) is 22.3. The number of aromatic nitrogens is 1. The molecule has 0 aliphatic heterocycles. The zero-order valence-corrected chi connectivity index (χ0v) is 11.4. The molecule has 0 saturated heterocycles. The third kappa shape index (κ3) is 3.89. The number of rotatable bonds is 4. The van der Waals surface area contributed by atoms with E-state index in [1.54, 1.807) is 12.3 Å². The third-order valence-corrected chi connectivity index (χ3v) is 2.97. The zero-order valence-electron chi connectivity index (χ0n) is 11.4. The van der Waals surface area contributed by atoms with Gasteiger partial charge in [0.05, 0.1) is 6.54 Å². The van der Waals surface area contributed by atoms with E-state index in [1.807, 2.05) is 13.0 Å². The van der Waals surface area contributed by atoms with Crippen molar-refractivity contribution in [2.24, 2.45) is 0 Å². The van der Waals surface area contributed by atoms with Gasteiger partial charge in [-0.1, -0.05) is 6.07 Å². The van der Waals surface area contributed by atoms with Gasteiger partial charge in [-0.25, -0.2) is 9.18 Å². The minimum Gasteiger partial charge on any atom is -0.478 e. The lowest BCUT2D eigenvalue weighted by atomic mass is 10.1. The maximum Gasteiger partial charge on any atom is 0.328 e. The van der Waals surface area contributed by atoms with Crippen molar-refractivity contribution in [3.05, 3.63) is 75.5 Å². The SMILES string of the molecule is Cc1ccn(Cc2ccc(F)c(C=CC(=O)O)c2)c(=O)c1. The van der Waals surface area contributed by atoms with Crippen LogP contribution >= 0.6 is 0 Å². The summed E-state index contributed by atoms with van der Waals surface area (Å²) in [5.74, 6) is -1.65. The van der Waals surface area contributed by atoms with Gasteiger partial charge in [0, 0.05) is 23.9 Å². The summed E-state index contributed by atoms with van der Waals surface area (Å²) in [7, 11) is 0. The Hall–Kier alpha value is -2.69. The average Bonchev–Trinajstić information content (AvgIpc) is 2.42. The molecule has 0 spiro atoms. The van der Waals surface area contributed by atoms with Gasteiger partial charge in [0.15, 0.2) is 0 Å². The number of carbonyl (C=O) groups is 1. The molecular weight excluding hydrogens is 273 g/mol. The van der Waals surface area contributed by atoms with Crippen LogP contribution in [0.15, 0.2) is 47.4 Å². The second-order valence-electron chi connectivity index (χ2n) is 4.70. The molecule has 0 unspecified atom stereocenters. The Balaban J connectivity index is 2.30. The summed E-state index contributed by atoms with van der Waals surface area (Å²) >= 11 is 0. The molecule has 0 atom stereocenters. The van der Waals surface area contributed by atoms with E-state index in [9.17, 15) is 14.0 Å². The van der Waals surface area contributed by atoms with E-state index in [1.165, 1.54) is 28.8 Å². The standard InChI is InChI=1S/C16H14FNO3/c1-11-6-7-18(15(19)8-11)10-12-2-4-14(17)13(9-12)3-5-16(20)21/h2-9H,10H2,1H3,(H,20,21). The van der Waals surface area contributed by atoms with Gasteiger partial charge in [-0.05, 0) is 42.3 Å². The van der Waals surface area contributed by atoms with E-state index >= 15 is 0 Å². The predicted octanol–water partition coefficient (Wildman–Crippen LogP) is 2.44. The van der Waals surface area contributed by atoms with Gasteiger partial charge in [-0.2, -0.15) is 0 Å². The van der Waals surface area contributed by atoms with Crippen LogP contribution in [-0.2, 0) is 11.3 Å². The maximum absolute atomic E-state index is 13.6. The van der Waals surface area contributed by atoms with Gasteiger partial charge in [0.25, 0.3) is 5.56 Å². The highest BCUT2D eigenvalue weighted by atomic mass is 19.1. The lowest BCUT2D eigenvalue weighted by Crippen LogP contribution is -2.19. The quantitative estimate of drug-likeness (QED) is 0.879. The second kappa shape index (κ2) is 6.17. The minimum absolute atomic E-state index is 0.137. The minimum atomic E-state index is -1.14.